The Morgan fingerprint density at radius 3 is 2.74 bits per heavy atom. The summed E-state index contributed by atoms with van der Waals surface area (Å²) in [5, 5.41) is 10.6. The maximum Gasteiger partial charge on any atom is 0.342 e. The summed E-state index contributed by atoms with van der Waals surface area (Å²) in [7, 11) is 1.65. The maximum atomic E-state index is 12.4. The molecule has 0 spiro atoms. The van der Waals surface area contributed by atoms with Crippen molar-refractivity contribution in [3.63, 3.8) is 0 Å². The first-order valence-corrected chi connectivity index (χ1v) is 9.26. The van der Waals surface area contributed by atoms with Crippen LogP contribution in [0.1, 0.15) is 33.9 Å². The van der Waals surface area contributed by atoms with E-state index in [1.807, 2.05) is 31.2 Å². The Morgan fingerprint density at radius 2 is 2.00 bits per heavy atom. The lowest BCUT2D eigenvalue weighted by Gasteiger charge is -2.23. The highest BCUT2D eigenvalue weighted by atomic mass is 32.1. The number of hydrogen-bond acceptors (Lipinski definition) is 6. The van der Waals surface area contributed by atoms with Gasteiger partial charge in [-0.25, -0.2) is 9.78 Å². The molecule has 1 atom stereocenters. The number of carbonyl (C=O) groups is 2. The van der Waals surface area contributed by atoms with Crippen LogP contribution in [0.25, 0.3) is 10.2 Å². The van der Waals surface area contributed by atoms with Crippen LogP contribution in [-0.4, -0.2) is 40.5 Å². The number of amides is 1. The molecule has 27 heavy (non-hydrogen) atoms. The average Bonchev–Trinajstić information content (AvgIpc) is 3.10. The van der Waals surface area contributed by atoms with E-state index in [2.05, 4.69) is 4.98 Å². The highest BCUT2D eigenvalue weighted by Gasteiger charge is 2.22. The van der Waals surface area contributed by atoms with Crippen molar-refractivity contribution in [1.82, 2.24) is 9.88 Å². The van der Waals surface area contributed by atoms with E-state index in [0.717, 1.165) is 20.8 Å². The lowest BCUT2D eigenvalue weighted by molar-refractivity contribution is -0.135. The Balaban J connectivity index is 1.64. The number of phenolic OH excluding ortho intramolecular Hbond substituents is 1. The first kappa shape index (κ1) is 18.8. The molecule has 0 unspecified atom stereocenters. The number of fused-ring (bicyclic) bond motifs is 1. The molecule has 140 valence electrons. The lowest BCUT2D eigenvalue weighted by atomic mass is 10.1. The van der Waals surface area contributed by atoms with Crippen LogP contribution in [0.15, 0.2) is 42.5 Å². The number of phenols is 1. The second kappa shape index (κ2) is 7.75. The van der Waals surface area contributed by atoms with Gasteiger partial charge in [0.05, 0.1) is 16.3 Å². The van der Waals surface area contributed by atoms with E-state index in [0.29, 0.717) is 0 Å². The normalized spacial score (nSPS) is 12.0. The summed E-state index contributed by atoms with van der Waals surface area (Å²) in [6, 6.07) is 12.2. The number of thiazole rings is 1. The fraction of sp³-hybridized carbons (Fsp3) is 0.250. The third-order valence-electron chi connectivity index (χ3n) is 4.34. The molecule has 2 aromatic carbocycles. The molecule has 1 heterocycles. The smallest absolute Gasteiger partial charge is 0.342 e. The number of rotatable bonds is 5. The van der Waals surface area contributed by atoms with Crippen LogP contribution >= 0.6 is 11.3 Å². The van der Waals surface area contributed by atoms with Gasteiger partial charge in [-0.3, -0.25) is 4.79 Å². The maximum absolute atomic E-state index is 12.4. The molecule has 0 saturated heterocycles. The molecule has 3 rings (SSSR count). The van der Waals surface area contributed by atoms with Gasteiger partial charge in [-0.05, 0) is 38.1 Å². The minimum Gasteiger partial charge on any atom is -0.507 e. The number of likely N-dealkylation sites (N-methyl/N-ethyl adjacent to an activating group) is 1. The number of nitrogens with zero attached hydrogens (tertiary/aromatic N) is 2. The Bertz CT molecular complexity index is 966. The number of benzene rings is 2. The third kappa shape index (κ3) is 4.09. The molecular weight excluding hydrogens is 364 g/mol. The summed E-state index contributed by atoms with van der Waals surface area (Å²) in [6.07, 6.45) is 0. The summed E-state index contributed by atoms with van der Waals surface area (Å²) in [4.78, 5) is 30.6. The molecule has 7 heteroatoms. The monoisotopic (exact) mass is 384 g/mol. The van der Waals surface area contributed by atoms with Crippen molar-refractivity contribution in [1.29, 1.82) is 0 Å². The molecule has 0 aliphatic rings. The summed E-state index contributed by atoms with van der Waals surface area (Å²) < 4.78 is 6.14. The molecule has 0 saturated carbocycles. The number of carbonyl (C=O) groups excluding carboxylic acids is 2. The number of para-hydroxylation sites is 1. The summed E-state index contributed by atoms with van der Waals surface area (Å²) >= 11 is 1.53. The van der Waals surface area contributed by atoms with Crippen LogP contribution in [-0.2, 0) is 9.53 Å². The Labute approximate surface area is 161 Å². The summed E-state index contributed by atoms with van der Waals surface area (Å²) in [6.45, 7) is 3.27. The SMILES string of the molecule is Cc1ccc(O)c(C(=O)OCC(=O)N(C)[C@H](C)c2nc3ccccc3s2)c1. The second-order valence-corrected chi connectivity index (χ2v) is 7.36. The van der Waals surface area contributed by atoms with Gasteiger partial charge in [-0.15, -0.1) is 11.3 Å². The van der Waals surface area contributed by atoms with E-state index in [1.165, 1.54) is 28.4 Å². The number of aryl methyl sites for hydroxylation is 1. The molecule has 1 N–H and O–H groups in total. The van der Waals surface area contributed by atoms with E-state index in [9.17, 15) is 14.7 Å². The van der Waals surface area contributed by atoms with Crippen LogP contribution in [0.4, 0.5) is 0 Å². The van der Waals surface area contributed by atoms with Gasteiger partial charge in [0, 0.05) is 7.05 Å². The van der Waals surface area contributed by atoms with Crippen LogP contribution in [0.3, 0.4) is 0 Å². The predicted octanol–water partition coefficient (Wildman–Crippen LogP) is 3.69. The van der Waals surface area contributed by atoms with Gasteiger partial charge in [0.15, 0.2) is 6.61 Å². The van der Waals surface area contributed by atoms with E-state index in [1.54, 1.807) is 20.0 Å². The zero-order valence-electron chi connectivity index (χ0n) is 15.3. The Hall–Kier alpha value is -2.93. The van der Waals surface area contributed by atoms with Gasteiger partial charge in [0.2, 0.25) is 0 Å². The standard InChI is InChI=1S/C20H20N2O4S/c1-12-8-9-16(23)14(10-12)20(25)26-11-18(24)22(3)13(2)19-21-15-6-4-5-7-17(15)27-19/h4-10,13,23H,11H2,1-3H3/t13-/m1/s1. The van der Waals surface area contributed by atoms with Crippen molar-refractivity contribution in [2.75, 3.05) is 13.7 Å². The molecule has 0 aliphatic carbocycles. The number of aromatic nitrogens is 1. The molecule has 1 amide bonds. The molecule has 0 fully saturated rings. The summed E-state index contributed by atoms with van der Waals surface area (Å²) in [5.41, 5.74) is 1.75. The van der Waals surface area contributed by atoms with Crippen molar-refractivity contribution >= 4 is 33.4 Å². The van der Waals surface area contributed by atoms with Gasteiger partial charge in [-0.2, -0.15) is 0 Å². The molecule has 0 radical (unpaired) electrons. The van der Waals surface area contributed by atoms with Crippen molar-refractivity contribution in [2.45, 2.75) is 19.9 Å². The number of aromatic hydroxyl groups is 1. The van der Waals surface area contributed by atoms with Crippen molar-refractivity contribution in [2.24, 2.45) is 0 Å². The Morgan fingerprint density at radius 1 is 1.26 bits per heavy atom. The Kier molecular flexibility index (Phi) is 5.41. The fourth-order valence-electron chi connectivity index (χ4n) is 2.57. The molecule has 0 aliphatic heterocycles. The highest BCUT2D eigenvalue weighted by molar-refractivity contribution is 7.18. The number of ether oxygens (including phenoxy) is 1. The fourth-order valence-corrected chi connectivity index (χ4v) is 3.63. The predicted molar refractivity (Wildman–Crippen MR) is 104 cm³/mol. The van der Waals surface area contributed by atoms with Crippen molar-refractivity contribution < 1.29 is 19.4 Å². The van der Waals surface area contributed by atoms with E-state index in [4.69, 9.17) is 4.74 Å². The number of hydrogen-bond donors (Lipinski definition) is 1. The largest absolute Gasteiger partial charge is 0.507 e. The van der Waals surface area contributed by atoms with Crippen molar-refractivity contribution in [3.05, 3.63) is 58.6 Å². The topological polar surface area (TPSA) is 79.7 Å². The third-order valence-corrected chi connectivity index (χ3v) is 5.55. The zero-order chi connectivity index (χ0) is 19.6. The highest BCUT2D eigenvalue weighted by Crippen LogP contribution is 2.29. The van der Waals surface area contributed by atoms with Gasteiger partial charge >= 0.3 is 5.97 Å². The molecular formula is C20H20N2O4S. The first-order valence-electron chi connectivity index (χ1n) is 8.44. The van der Waals surface area contributed by atoms with Crippen LogP contribution in [0.2, 0.25) is 0 Å². The van der Waals surface area contributed by atoms with Gasteiger partial charge < -0.3 is 14.7 Å². The molecule has 6 nitrogen and oxygen atoms in total. The minimum atomic E-state index is -0.731. The van der Waals surface area contributed by atoms with Gasteiger partial charge in [0.1, 0.15) is 16.3 Å². The van der Waals surface area contributed by atoms with Crippen molar-refractivity contribution in [3.8, 4) is 5.75 Å². The van der Waals surface area contributed by atoms with Gasteiger partial charge in [-0.1, -0.05) is 23.8 Å². The van der Waals surface area contributed by atoms with Crippen LogP contribution in [0, 0.1) is 6.92 Å². The average molecular weight is 384 g/mol. The van der Waals surface area contributed by atoms with Gasteiger partial charge in [0.25, 0.3) is 5.91 Å². The van der Waals surface area contributed by atoms with Crippen LogP contribution < -0.4 is 0 Å². The molecule has 0 bridgehead atoms. The van der Waals surface area contributed by atoms with E-state index in [-0.39, 0.29) is 23.3 Å². The minimum absolute atomic E-state index is 0.0460. The first-order chi connectivity index (χ1) is 12.9. The van der Waals surface area contributed by atoms with E-state index < -0.39 is 12.6 Å². The quantitative estimate of drug-likeness (QED) is 0.679. The number of esters is 1. The zero-order valence-corrected chi connectivity index (χ0v) is 16.1. The van der Waals surface area contributed by atoms with E-state index >= 15 is 0 Å². The summed E-state index contributed by atoms with van der Waals surface area (Å²) in [5.74, 6) is -1.25. The van der Waals surface area contributed by atoms with Crippen LogP contribution in [0.5, 0.6) is 5.75 Å². The molecule has 3 aromatic rings. The molecule has 1 aromatic heterocycles. The second-order valence-electron chi connectivity index (χ2n) is 6.30. The lowest BCUT2D eigenvalue weighted by Crippen LogP contribution is -2.33.